The number of nitrogens with zero attached hydrogens (tertiary/aromatic N) is 1. The molecule has 0 spiro atoms. The highest BCUT2D eigenvalue weighted by molar-refractivity contribution is 7.92. The molecular formula is C27H25N3O2S. The van der Waals surface area contributed by atoms with Crippen LogP contribution >= 0.6 is 0 Å². The van der Waals surface area contributed by atoms with Crippen LogP contribution in [0.15, 0.2) is 114 Å². The van der Waals surface area contributed by atoms with Gasteiger partial charge in [-0.2, -0.15) is 0 Å². The second-order valence-corrected chi connectivity index (χ2v) is 9.93. The predicted octanol–water partition coefficient (Wildman–Crippen LogP) is 5.80. The van der Waals surface area contributed by atoms with Crippen molar-refractivity contribution in [3.8, 4) is 0 Å². The normalized spacial score (nSPS) is 17.4. The molecule has 0 amide bonds. The Bertz CT molecular complexity index is 1340. The van der Waals surface area contributed by atoms with Gasteiger partial charge >= 0.3 is 0 Å². The number of rotatable bonds is 6. The van der Waals surface area contributed by atoms with Gasteiger partial charge in [0.25, 0.3) is 10.0 Å². The first kappa shape index (κ1) is 21.1. The summed E-state index contributed by atoms with van der Waals surface area (Å²) in [7, 11) is -3.83. The molecule has 5 rings (SSSR count). The van der Waals surface area contributed by atoms with E-state index in [0.29, 0.717) is 5.69 Å². The van der Waals surface area contributed by atoms with Crippen LogP contribution < -0.4 is 14.9 Å². The van der Waals surface area contributed by atoms with Crippen molar-refractivity contribution in [2.75, 3.05) is 14.9 Å². The van der Waals surface area contributed by atoms with Gasteiger partial charge in [-0.3, -0.25) is 0 Å². The van der Waals surface area contributed by atoms with E-state index in [1.165, 1.54) is 4.31 Å². The number of hydrogen-bond acceptors (Lipinski definition) is 4. The number of hydrogen-bond donors (Lipinski definition) is 2. The van der Waals surface area contributed by atoms with Crippen LogP contribution in [-0.4, -0.2) is 14.6 Å². The lowest BCUT2D eigenvalue weighted by Crippen LogP contribution is -2.45. The second-order valence-electron chi connectivity index (χ2n) is 8.12. The van der Waals surface area contributed by atoms with Gasteiger partial charge in [-0.15, -0.1) is 0 Å². The summed E-state index contributed by atoms with van der Waals surface area (Å²) >= 11 is 0. The molecule has 0 saturated heterocycles. The van der Waals surface area contributed by atoms with Crippen molar-refractivity contribution in [3.63, 3.8) is 0 Å². The van der Waals surface area contributed by atoms with E-state index in [9.17, 15) is 8.42 Å². The van der Waals surface area contributed by atoms with Gasteiger partial charge in [0.15, 0.2) is 0 Å². The highest BCUT2D eigenvalue weighted by Crippen LogP contribution is 2.44. The van der Waals surface area contributed by atoms with Crippen LogP contribution in [0.2, 0.25) is 0 Å². The van der Waals surface area contributed by atoms with E-state index in [2.05, 4.69) is 10.6 Å². The molecule has 0 saturated carbocycles. The summed E-state index contributed by atoms with van der Waals surface area (Å²) in [4.78, 5) is 0.267. The molecule has 1 aliphatic heterocycles. The third-order valence-electron chi connectivity index (χ3n) is 5.84. The van der Waals surface area contributed by atoms with Gasteiger partial charge in [-0.1, -0.05) is 72.3 Å². The molecule has 1 heterocycles. The highest BCUT2D eigenvalue weighted by atomic mass is 32.2. The monoisotopic (exact) mass is 455 g/mol. The molecule has 0 bridgehead atoms. The van der Waals surface area contributed by atoms with Crippen LogP contribution in [0.1, 0.15) is 17.2 Å². The van der Waals surface area contributed by atoms with Crippen molar-refractivity contribution in [2.24, 2.45) is 0 Å². The Kier molecular flexibility index (Phi) is 5.52. The highest BCUT2D eigenvalue weighted by Gasteiger charge is 2.45. The molecule has 0 aliphatic carbocycles. The van der Waals surface area contributed by atoms with Gasteiger partial charge in [0, 0.05) is 16.9 Å². The van der Waals surface area contributed by atoms with Crippen LogP contribution in [-0.2, 0) is 10.0 Å². The first-order valence-electron chi connectivity index (χ1n) is 10.9. The van der Waals surface area contributed by atoms with Gasteiger partial charge in [-0.25, -0.2) is 12.7 Å². The van der Waals surface area contributed by atoms with Crippen molar-refractivity contribution >= 4 is 27.1 Å². The summed E-state index contributed by atoms with van der Waals surface area (Å²) < 4.78 is 29.4. The first-order valence-corrected chi connectivity index (χ1v) is 12.3. The predicted molar refractivity (Wildman–Crippen MR) is 134 cm³/mol. The quantitative estimate of drug-likeness (QED) is 0.386. The standard InChI is InChI=1S/C27H25N3O2S/c1-20-16-18-23(19-17-20)33(31,32)30-25-15-9-8-14-24(25)26(28-21-10-4-2-5-11-21)27(30)29-22-12-6-3-7-13-22/h2-19,26-29H,1H3/t26-,27-/m0/s1. The van der Waals surface area contributed by atoms with Crippen molar-refractivity contribution in [1.82, 2.24) is 0 Å². The van der Waals surface area contributed by atoms with Crippen molar-refractivity contribution in [3.05, 3.63) is 120 Å². The molecule has 1 aliphatic rings. The number of para-hydroxylation sites is 3. The fourth-order valence-electron chi connectivity index (χ4n) is 4.23. The number of anilines is 3. The molecule has 33 heavy (non-hydrogen) atoms. The van der Waals surface area contributed by atoms with E-state index in [1.54, 1.807) is 12.1 Å². The SMILES string of the molecule is Cc1ccc(S(=O)(=O)N2c3ccccc3[C@H](Nc3ccccc3)[C@H]2Nc2ccccc2)cc1. The summed E-state index contributed by atoms with van der Waals surface area (Å²) in [5.41, 5.74) is 4.37. The zero-order chi connectivity index (χ0) is 22.8. The third-order valence-corrected chi connectivity index (χ3v) is 7.65. The van der Waals surface area contributed by atoms with E-state index in [1.807, 2.05) is 104 Å². The Balaban J connectivity index is 1.64. The van der Waals surface area contributed by atoms with Crippen molar-refractivity contribution in [1.29, 1.82) is 0 Å². The van der Waals surface area contributed by atoms with Crippen LogP contribution in [0.5, 0.6) is 0 Å². The van der Waals surface area contributed by atoms with Crippen molar-refractivity contribution < 1.29 is 8.42 Å². The second kappa shape index (κ2) is 8.64. The Hall–Kier alpha value is -3.77. The van der Waals surface area contributed by atoms with Gasteiger partial charge in [0.1, 0.15) is 6.17 Å². The smallest absolute Gasteiger partial charge is 0.266 e. The molecule has 4 aromatic rings. The molecule has 5 nitrogen and oxygen atoms in total. The Morgan fingerprint density at radius 3 is 1.85 bits per heavy atom. The van der Waals surface area contributed by atoms with Gasteiger partial charge in [0.05, 0.1) is 16.6 Å². The molecular weight excluding hydrogens is 430 g/mol. The van der Waals surface area contributed by atoms with Crippen LogP contribution in [0, 0.1) is 6.92 Å². The number of aryl methyl sites for hydroxylation is 1. The summed E-state index contributed by atoms with van der Waals surface area (Å²) in [5.74, 6) is 0. The fourth-order valence-corrected chi connectivity index (χ4v) is 5.83. The molecule has 0 unspecified atom stereocenters. The number of benzene rings is 4. The summed E-state index contributed by atoms with van der Waals surface area (Å²) in [6, 6.07) is 33.9. The lowest BCUT2D eigenvalue weighted by atomic mass is 10.1. The fraction of sp³-hybridized carbons (Fsp3) is 0.111. The van der Waals surface area contributed by atoms with Crippen LogP contribution in [0.3, 0.4) is 0 Å². The Labute approximate surface area is 194 Å². The molecule has 4 aromatic carbocycles. The minimum atomic E-state index is -3.83. The van der Waals surface area contributed by atoms with Crippen LogP contribution in [0.25, 0.3) is 0 Å². The zero-order valence-electron chi connectivity index (χ0n) is 18.2. The van der Waals surface area contributed by atoms with Gasteiger partial charge in [-0.05, 0) is 49.4 Å². The van der Waals surface area contributed by atoms with Crippen molar-refractivity contribution in [2.45, 2.75) is 24.0 Å². The summed E-state index contributed by atoms with van der Waals surface area (Å²) in [6.45, 7) is 1.95. The minimum absolute atomic E-state index is 0.267. The Morgan fingerprint density at radius 1 is 0.667 bits per heavy atom. The van der Waals surface area contributed by atoms with E-state index in [0.717, 1.165) is 22.5 Å². The molecule has 0 aromatic heterocycles. The lowest BCUT2D eigenvalue weighted by molar-refractivity contribution is 0.577. The summed E-state index contributed by atoms with van der Waals surface area (Å²) in [5, 5.41) is 7.04. The number of sulfonamides is 1. The van der Waals surface area contributed by atoms with Gasteiger partial charge < -0.3 is 10.6 Å². The van der Waals surface area contributed by atoms with E-state index < -0.39 is 16.2 Å². The molecule has 166 valence electrons. The molecule has 6 heteroatoms. The van der Waals surface area contributed by atoms with Gasteiger partial charge in [0.2, 0.25) is 0 Å². The topological polar surface area (TPSA) is 61.4 Å². The third kappa shape index (κ3) is 4.05. The van der Waals surface area contributed by atoms with E-state index in [-0.39, 0.29) is 10.9 Å². The maximum atomic E-state index is 14.0. The maximum Gasteiger partial charge on any atom is 0.266 e. The number of fused-ring (bicyclic) bond motifs is 1. The Morgan fingerprint density at radius 2 is 1.21 bits per heavy atom. The molecule has 2 N–H and O–H groups in total. The average molecular weight is 456 g/mol. The zero-order valence-corrected chi connectivity index (χ0v) is 19.0. The minimum Gasteiger partial charge on any atom is -0.374 e. The number of nitrogens with one attached hydrogen (secondary N) is 2. The van der Waals surface area contributed by atoms with E-state index >= 15 is 0 Å². The lowest BCUT2D eigenvalue weighted by Gasteiger charge is -2.32. The summed E-state index contributed by atoms with van der Waals surface area (Å²) in [6.07, 6.45) is -0.573. The van der Waals surface area contributed by atoms with Crippen LogP contribution in [0.4, 0.5) is 17.1 Å². The van der Waals surface area contributed by atoms with E-state index in [4.69, 9.17) is 0 Å². The average Bonchev–Trinajstić information content (AvgIpc) is 3.14. The first-order chi connectivity index (χ1) is 16.0. The largest absolute Gasteiger partial charge is 0.374 e. The molecule has 0 radical (unpaired) electrons. The molecule has 0 fully saturated rings. The maximum absolute atomic E-state index is 14.0. The molecule has 2 atom stereocenters.